The molecule has 5 nitrogen and oxygen atoms in total. The highest BCUT2D eigenvalue weighted by molar-refractivity contribution is 6.05. The summed E-state index contributed by atoms with van der Waals surface area (Å²) in [5.41, 5.74) is 8.66. The summed E-state index contributed by atoms with van der Waals surface area (Å²) in [7, 11) is 0. The Bertz CT molecular complexity index is 752. The van der Waals surface area contributed by atoms with Crippen LogP contribution in [-0.4, -0.2) is 18.4 Å². The van der Waals surface area contributed by atoms with Crippen LogP contribution < -0.4 is 16.4 Å². The molecule has 0 heterocycles. The molecule has 0 bridgehead atoms. The van der Waals surface area contributed by atoms with Gasteiger partial charge in [0.15, 0.2) is 0 Å². The minimum absolute atomic E-state index is 0.123. The number of aryl methyl sites for hydroxylation is 1. The Morgan fingerprint density at radius 1 is 1.00 bits per heavy atom. The molecular weight excluding hydrogens is 314 g/mol. The third kappa shape index (κ3) is 6.24. The number of nitrogens with one attached hydrogen (secondary N) is 2. The van der Waals surface area contributed by atoms with Gasteiger partial charge in [-0.25, -0.2) is 0 Å². The lowest BCUT2D eigenvalue weighted by Gasteiger charge is -2.11. The van der Waals surface area contributed by atoms with Crippen LogP contribution in [0.3, 0.4) is 0 Å². The van der Waals surface area contributed by atoms with Crippen molar-refractivity contribution in [2.24, 2.45) is 5.73 Å². The largest absolute Gasteiger partial charge is 0.330 e. The fourth-order valence-electron chi connectivity index (χ4n) is 2.20. The lowest BCUT2D eigenvalue weighted by atomic mass is 10.1. The summed E-state index contributed by atoms with van der Waals surface area (Å²) < 4.78 is 0. The van der Waals surface area contributed by atoms with Crippen molar-refractivity contribution in [3.05, 3.63) is 65.7 Å². The zero-order valence-corrected chi connectivity index (χ0v) is 14.3. The fraction of sp³-hybridized carbons (Fsp3) is 0.200. The molecule has 0 fully saturated rings. The molecule has 0 aliphatic carbocycles. The van der Waals surface area contributed by atoms with E-state index in [9.17, 15) is 9.59 Å². The van der Waals surface area contributed by atoms with Gasteiger partial charge < -0.3 is 16.4 Å². The molecule has 0 saturated heterocycles. The second kappa shape index (κ2) is 9.39. The first-order chi connectivity index (χ1) is 12.1. The monoisotopic (exact) mass is 337 g/mol. The van der Waals surface area contributed by atoms with Gasteiger partial charge >= 0.3 is 0 Å². The maximum Gasteiger partial charge on any atom is 0.248 e. The van der Waals surface area contributed by atoms with E-state index >= 15 is 0 Å². The maximum absolute atomic E-state index is 12.1. The van der Waals surface area contributed by atoms with Crippen LogP contribution in [0.25, 0.3) is 6.08 Å². The lowest BCUT2D eigenvalue weighted by molar-refractivity contribution is -0.116. The molecule has 0 aliphatic rings. The first-order valence-electron chi connectivity index (χ1n) is 8.23. The predicted molar refractivity (Wildman–Crippen MR) is 102 cm³/mol. The number of carbonyl (C=O) groups excluding carboxylic acids is 2. The Morgan fingerprint density at radius 3 is 2.28 bits per heavy atom. The Hall–Kier alpha value is -2.92. The molecule has 0 spiro atoms. The van der Waals surface area contributed by atoms with Crippen LogP contribution in [0.1, 0.15) is 24.0 Å². The molecule has 2 aromatic rings. The van der Waals surface area contributed by atoms with E-state index in [0.29, 0.717) is 30.8 Å². The molecule has 0 atom stereocenters. The van der Waals surface area contributed by atoms with Crippen LogP contribution in [0.15, 0.2) is 54.6 Å². The fourth-order valence-corrected chi connectivity index (χ4v) is 2.20. The minimum atomic E-state index is -0.260. The molecule has 0 aliphatic heterocycles. The van der Waals surface area contributed by atoms with Crippen LogP contribution in [0.5, 0.6) is 0 Å². The number of anilines is 2. The van der Waals surface area contributed by atoms with Gasteiger partial charge in [0, 0.05) is 12.5 Å². The van der Waals surface area contributed by atoms with Crippen molar-refractivity contribution in [1.29, 1.82) is 0 Å². The quantitative estimate of drug-likeness (QED) is 0.678. The Labute approximate surface area is 147 Å². The number of amides is 2. The molecule has 0 unspecified atom stereocenters. The van der Waals surface area contributed by atoms with Gasteiger partial charge in [-0.2, -0.15) is 0 Å². The van der Waals surface area contributed by atoms with Crippen molar-refractivity contribution < 1.29 is 9.59 Å². The highest BCUT2D eigenvalue weighted by atomic mass is 16.2. The van der Waals surface area contributed by atoms with Crippen molar-refractivity contribution in [3.8, 4) is 0 Å². The number of carbonyl (C=O) groups is 2. The van der Waals surface area contributed by atoms with E-state index in [-0.39, 0.29) is 11.8 Å². The molecule has 0 radical (unpaired) electrons. The van der Waals surface area contributed by atoms with Gasteiger partial charge in [0.05, 0.1) is 11.4 Å². The van der Waals surface area contributed by atoms with E-state index in [1.54, 1.807) is 30.3 Å². The molecule has 2 aromatic carbocycles. The van der Waals surface area contributed by atoms with Gasteiger partial charge in [-0.05, 0) is 43.7 Å². The maximum atomic E-state index is 12.1. The van der Waals surface area contributed by atoms with Gasteiger partial charge in [0.1, 0.15) is 0 Å². The minimum Gasteiger partial charge on any atom is -0.330 e. The molecule has 0 saturated carbocycles. The van der Waals surface area contributed by atoms with Gasteiger partial charge in [-0.3, -0.25) is 9.59 Å². The number of nitrogens with two attached hydrogens (primary N) is 1. The van der Waals surface area contributed by atoms with Crippen molar-refractivity contribution in [2.45, 2.75) is 19.8 Å². The Morgan fingerprint density at radius 2 is 1.64 bits per heavy atom. The van der Waals surface area contributed by atoms with E-state index in [1.165, 1.54) is 11.6 Å². The zero-order valence-electron chi connectivity index (χ0n) is 14.3. The predicted octanol–water partition coefficient (Wildman–Crippen LogP) is 3.32. The normalized spacial score (nSPS) is 10.6. The molecule has 2 amide bonds. The van der Waals surface area contributed by atoms with E-state index in [2.05, 4.69) is 10.6 Å². The summed E-state index contributed by atoms with van der Waals surface area (Å²) in [5.74, 6) is -0.383. The van der Waals surface area contributed by atoms with E-state index in [0.717, 1.165) is 5.56 Å². The number of rotatable bonds is 7. The first-order valence-corrected chi connectivity index (χ1v) is 8.23. The topological polar surface area (TPSA) is 84.2 Å². The summed E-state index contributed by atoms with van der Waals surface area (Å²) >= 11 is 0. The SMILES string of the molecule is Cc1ccc(/C=C/C(=O)Nc2ccccc2NC(=O)CCCN)cc1. The third-order valence-corrected chi connectivity index (χ3v) is 3.57. The lowest BCUT2D eigenvalue weighted by Crippen LogP contribution is -2.16. The number of para-hydroxylation sites is 2. The number of hydrogen-bond acceptors (Lipinski definition) is 3. The van der Waals surface area contributed by atoms with Crippen LogP contribution in [0.2, 0.25) is 0 Å². The highest BCUT2D eigenvalue weighted by Gasteiger charge is 2.07. The number of benzene rings is 2. The molecule has 5 heteroatoms. The summed E-state index contributed by atoms with van der Waals surface area (Å²) in [6, 6.07) is 15.0. The number of hydrogen-bond donors (Lipinski definition) is 3. The second-order valence-corrected chi connectivity index (χ2v) is 5.72. The van der Waals surface area contributed by atoms with Crippen LogP contribution in [0.4, 0.5) is 11.4 Å². The Kier molecular flexibility index (Phi) is 6.92. The average molecular weight is 337 g/mol. The molecule has 130 valence electrons. The van der Waals surface area contributed by atoms with Gasteiger partial charge in [-0.15, -0.1) is 0 Å². The molecule has 2 rings (SSSR count). The summed E-state index contributed by atoms with van der Waals surface area (Å²) in [4.78, 5) is 24.0. The van der Waals surface area contributed by atoms with Gasteiger partial charge in [0.2, 0.25) is 11.8 Å². The van der Waals surface area contributed by atoms with Gasteiger partial charge in [-0.1, -0.05) is 42.0 Å². The summed E-state index contributed by atoms with van der Waals surface area (Å²) in [6.45, 7) is 2.48. The van der Waals surface area contributed by atoms with Gasteiger partial charge in [0.25, 0.3) is 0 Å². The second-order valence-electron chi connectivity index (χ2n) is 5.72. The van der Waals surface area contributed by atoms with Crippen molar-refractivity contribution in [1.82, 2.24) is 0 Å². The average Bonchev–Trinajstić information content (AvgIpc) is 2.61. The van der Waals surface area contributed by atoms with Crippen molar-refractivity contribution in [2.75, 3.05) is 17.2 Å². The van der Waals surface area contributed by atoms with E-state index < -0.39 is 0 Å². The van der Waals surface area contributed by atoms with Crippen LogP contribution >= 0.6 is 0 Å². The first kappa shape index (κ1) is 18.4. The highest BCUT2D eigenvalue weighted by Crippen LogP contribution is 2.21. The molecule has 25 heavy (non-hydrogen) atoms. The third-order valence-electron chi connectivity index (χ3n) is 3.57. The molecular formula is C20H23N3O2. The standard InChI is InChI=1S/C20H23N3O2/c1-15-8-10-16(11-9-15)12-13-20(25)23-18-6-3-2-5-17(18)22-19(24)7-4-14-21/h2-3,5-6,8-13H,4,7,14,21H2,1H3,(H,22,24)(H,23,25)/b13-12+. The van der Waals surface area contributed by atoms with Crippen molar-refractivity contribution >= 4 is 29.3 Å². The smallest absolute Gasteiger partial charge is 0.248 e. The molecule has 0 aromatic heterocycles. The van der Waals surface area contributed by atoms with Crippen molar-refractivity contribution in [3.63, 3.8) is 0 Å². The summed E-state index contributed by atoms with van der Waals surface area (Å²) in [5, 5.41) is 5.59. The Balaban J connectivity index is 2.00. The van der Waals surface area contributed by atoms with Crippen LogP contribution in [-0.2, 0) is 9.59 Å². The van der Waals surface area contributed by atoms with E-state index in [1.807, 2.05) is 31.2 Å². The zero-order chi connectivity index (χ0) is 18.1. The molecule has 4 N–H and O–H groups in total. The summed E-state index contributed by atoms with van der Waals surface area (Å²) in [6.07, 6.45) is 4.20. The van der Waals surface area contributed by atoms with E-state index in [4.69, 9.17) is 5.73 Å². The van der Waals surface area contributed by atoms with Crippen LogP contribution in [0, 0.1) is 6.92 Å².